The van der Waals surface area contributed by atoms with Crippen LogP contribution in [0.15, 0.2) is 4.99 Å². The summed E-state index contributed by atoms with van der Waals surface area (Å²) in [6.07, 6.45) is 5.75. The summed E-state index contributed by atoms with van der Waals surface area (Å²) in [4.78, 5) is 16.3. The van der Waals surface area contributed by atoms with Crippen LogP contribution in [-0.2, 0) is 4.79 Å². The van der Waals surface area contributed by atoms with Crippen molar-refractivity contribution in [3.05, 3.63) is 0 Å². The molecular formula is C13H24N2O. The number of nitrogens with zero attached hydrogens (tertiary/aromatic N) is 1. The van der Waals surface area contributed by atoms with Crippen molar-refractivity contribution in [3.63, 3.8) is 0 Å². The lowest BCUT2D eigenvalue weighted by Gasteiger charge is -2.31. The van der Waals surface area contributed by atoms with E-state index in [-0.39, 0.29) is 11.3 Å². The monoisotopic (exact) mass is 224 g/mol. The second-order valence-corrected chi connectivity index (χ2v) is 5.86. The first-order valence-corrected chi connectivity index (χ1v) is 6.19. The van der Waals surface area contributed by atoms with E-state index in [0.29, 0.717) is 11.7 Å². The summed E-state index contributed by atoms with van der Waals surface area (Å²) < 4.78 is 0. The molecule has 0 heterocycles. The van der Waals surface area contributed by atoms with Gasteiger partial charge in [0.1, 0.15) is 5.78 Å². The SMILES string of the molecule is CC(C)(C)C(=O)C1CCCC(CN=CN)C1. The molecule has 92 valence electrons. The number of aliphatic imine (C=N–C) groups is 1. The van der Waals surface area contributed by atoms with E-state index in [9.17, 15) is 4.79 Å². The number of Topliss-reactive ketones (excluding diaryl/α,β-unsaturated/α-hetero) is 1. The van der Waals surface area contributed by atoms with E-state index in [4.69, 9.17) is 5.73 Å². The van der Waals surface area contributed by atoms with Crippen LogP contribution in [-0.4, -0.2) is 18.7 Å². The molecule has 0 aromatic heterocycles. The Morgan fingerprint density at radius 3 is 2.69 bits per heavy atom. The number of carbonyl (C=O) groups is 1. The van der Waals surface area contributed by atoms with E-state index in [0.717, 1.165) is 25.8 Å². The zero-order valence-corrected chi connectivity index (χ0v) is 10.7. The van der Waals surface area contributed by atoms with Gasteiger partial charge in [0.25, 0.3) is 0 Å². The molecule has 0 amide bonds. The molecular weight excluding hydrogens is 200 g/mol. The smallest absolute Gasteiger partial charge is 0.141 e. The van der Waals surface area contributed by atoms with Crippen LogP contribution in [0, 0.1) is 17.3 Å². The van der Waals surface area contributed by atoms with Gasteiger partial charge >= 0.3 is 0 Å². The molecule has 0 aliphatic heterocycles. The van der Waals surface area contributed by atoms with Crippen molar-refractivity contribution < 1.29 is 4.79 Å². The molecule has 2 atom stereocenters. The summed E-state index contributed by atoms with van der Waals surface area (Å²) in [5.41, 5.74) is 5.05. The summed E-state index contributed by atoms with van der Waals surface area (Å²) >= 11 is 0. The maximum Gasteiger partial charge on any atom is 0.141 e. The third-order valence-corrected chi connectivity index (χ3v) is 3.36. The molecule has 0 aromatic rings. The molecule has 1 aliphatic carbocycles. The van der Waals surface area contributed by atoms with E-state index in [2.05, 4.69) is 4.99 Å². The third kappa shape index (κ3) is 3.62. The van der Waals surface area contributed by atoms with Crippen LogP contribution < -0.4 is 5.73 Å². The van der Waals surface area contributed by atoms with Crippen LogP contribution in [0.3, 0.4) is 0 Å². The van der Waals surface area contributed by atoms with Gasteiger partial charge in [0.2, 0.25) is 0 Å². The van der Waals surface area contributed by atoms with E-state index in [1.165, 1.54) is 12.8 Å². The Labute approximate surface area is 98.5 Å². The fraction of sp³-hybridized carbons (Fsp3) is 0.846. The molecule has 0 saturated heterocycles. The normalized spacial score (nSPS) is 27.2. The molecule has 1 fully saturated rings. The third-order valence-electron chi connectivity index (χ3n) is 3.36. The lowest BCUT2D eigenvalue weighted by atomic mass is 9.73. The predicted molar refractivity (Wildman–Crippen MR) is 67.5 cm³/mol. The van der Waals surface area contributed by atoms with Crippen LogP contribution in [0.1, 0.15) is 46.5 Å². The number of rotatable bonds is 3. The van der Waals surface area contributed by atoms with Gasteiger partial charge in [-0.25, -0.2) is 0 Å². The molecule has 16 heavy (non-hydrogen) atoms. The first-order chi connectivity index (χ1) is 7.45. The minimum absolute atomic E-state index is 0.205. The molecule has 3 nitrogen and oxygen atoms in total. The lowest BCUT2D eigenvalue weighted by molar-refractivity contribution is -0.131. The Bertz CT molecular complexity index is 266. The van der Waals surface area contributed by atoms with Crippen molar-refractivity contribution in [1.82, 2.24) is 0 Å². The zero-order valence-electron chi connectivity index (χ0n) is 10.7. The van der Waals surface area contributed by atoms with Crippen LogP contribution in [0.4, 0.5) is 0 Å². The second-order valence-electron chi connectivity index (χ2n) is 5.86. The topological polar surface area (TPSA) is 55.5 Å². The zero-order chi connectivity index (χ0) is 12.2. The molecule has 0 spiro atoms. The molecule has 0 bridgehead atoms. The maximum absolute atomic E-state index is 12.2. The maximum atomic E-state index is 12.2. The van der Waals surface area contributed by atoms with Gasteiger partial charge in [0, 0.05) is 17.9 Å². The molecule has 1 rings (SSSR count). The lowest BCUT2D eigenvalue weighted by Crippen LogP contribution is -2.32. The predicted octanol–water partition coefficient (Wildman–Crippen LogP) is 2.40. The Balaban J connectivity index is 2.53. The van der Waals surface area contributed by atoms with Gasteiger partial charge in [-0.05, 0) is 25.2 Å². The minimum Gasteiger partial charge on any atom is -0.390 e. The van der Waals surface area contributed by atoms with E-state index >= 15 is 0 Å². The Morgan fingerprint density at radius 1 is 1.44 bits per heavy atom. The van der Waals surface area contributed by atoms with Crippen molar-refractivity contribution in [3.8, 4) is 0 Å². The van der Waals surface area contributed by atoms with E-state index in [1.807, 2.05) is 20.8 Å². The molecule has 0 aromatic carbocycles. The number of ketones is 1. The summed E-state index contributed by atoms with van der Waals surface area (Å²) in [6, 6.07) is 0. The molecule has 1 aliphatic rings. The quantitative estimate of drug-likeness (QED) is 0.591. The summed E-state index contributed by atoms with van der Waals surface area (Å²) in [7, 11) is 0. The van der Waals surface area contributed by atoms with Crippen LogP contribution in [0.2, 0.25) is 0 Å². The van der Waals surface area contributed by atoms with Gasteiger partial charge in [0.05, 0.1) is 6.34 Å². The van der Waals surface area contributed by atoms with Crippen molar-refractivity contribution in [1.29, 1.82) is 0 Å². The summed E-state index contributed by atoms with van der Waals surface area (Å²) in [6.45, 7) is 6.81. The Hall–Kier alpha value is -0.860. The van der Waals surface area contributed by atoms with Crippen LogP contribution >= 0.6 is 0 Å². The van der Waals surface area contributed by atoms with Gasteiger partial charge < -0.3 is 5.73 Å². The first-order valence-electron chi connectivity index (χ1n) is 6.19. The fourth-order valence-electron chi connectivity index (χ4n) is 2.52. The van der Waals surface area contributed by atoms with Gasteiger partial charge in [0.15, 0.2) is 0 Å². The number of hydrogen-bond acceptors (Lipinski definition) is 2. The van der Waals surface area contributed by atoms with E-state index in [1.54, 1.807) is 0 Å². The summed E-state index contributed by atoms with van der Waals surface area (Å²) in [5, 5.41) is 0. The fourth-order valence-corrected chi connectivity index (χ4v) is 2.52. The number of nitrogens with two attached hydrogens (primary N) is 1. The van der Waals surface area contributed by atoms with Crippen molar-refractivity contribution in [2.75, 3.05) is 6.54 Å². The average molecular weight is 224 g/mol. The average Bonchev–Trinajstić information content (AvgIpc) is 2.24. The van der Waals surface area contributed by atoms with E-state index < -0.39 is 0 Å². The second kappa shape index (κ2) is 5.46. The van der Waals surface area contributed by atoms with Crippen LogP contribution in [0.25, 0.3) is 0 Å². The van der Waals surface area contributed by atoms with Gasteiger partial charge in [-0.2, -0.15) is 0 Å². The highest BCUT2D eigenvalue weighted by Crippen LogP contribution is 2.34. The molecule has 0 radical (unpaired) electrons. The Morgan fingerprint density at radius 2 is 2.12 bits per heavy atom. The van der Waals surface area contributed by atoms with Gasteiger partial charge in [-0.15, -0.1) is 0 Å². The highest BCUT2D eigenvalue weighted by Gasteiger charge is 2.33. The van der Waals surface area contributed by atoms with Crippen molar-refractivity contribution in [2.24, 2.45) is 28.0 Å². The standard InChI is InChI=1S/C13H24N2O/c1-13(2,3)12(16)11-6-4-5-10(7-11)8-15-9-14/h9-11H,4-8H2,1-3H3,(H2,14,15). The van der Waals surface area contributed by atoms with Crippen molar-refractivity contribution in [2.45, 2.75) is 46.5 Å². The molecule has 2 unspecified atom stereocenters. The molecule has 2 N–H and O–H groups in total. The van der Waals surface area contributed by atoms with Gasteiger partial charge in [-0.3, -0.25) is 9.79 Å². The first kappa shape index (κ1) is 13.2. The van der Waals surface area contributed by atoms with Crippen molar-refractivity contribution >= 4 is 12.1 Å². The van der Waals surface area contributed by atoms with Gasteiger partial charge in [-0.1, -0.05) is 27.2 Å². The molecule has 3 heteroatoms. The van der Waals surface area contributed by atoms with Crippen LogP contribution in [0.5, 0.6) is 0 Å². The molecule has 1 saturated carbocycles. The highest BCUT2D eigenvalue weighted by atomic mass is 16.1. The Kier molecular flexibility index (Phi) is 4.51. The largest absolute Gasteiger partial charge is 0.390 e. The number of hydrogen-bond donors (Lipinski definition) is 1. The summed E-state index contributed by atoms with van der Waals surface area (Å²) in [5.74, 6) is 1.20. The number of carbonyl (C=O) groups excluding carboxylic acids is 1. The highest BCUT2D eigenvalue weighted by molar-refractivity contribution is 5.86. The minimum atomic E-state index is -0.205.